The van der Waals surface area contributed by atoms with Gasteiger partial charge in [-0.05, 0) is 24.6 Å². The molecule has 5 heteroatoms. The highest BCUT2D eigenvalue weighted by molar-refractivity contribution is 7.15. The van der Waals surface area contributed by atoms with Crippen LogP contribution in [0.5, 0.6) is 0 Å². The van der Waals surface area contributed by atoms with E-state index in [1.54, 1.807) is 16.7 Å². The van der Waals surface area contributed by atoms with Gasteiger partial charge >= 0.3 is 0 Å². The number of benzene rings is 1. The van der Waals surface area contributed by atoms with Crippen molar-refractivity contribution in [1.29, 1.82) is 0 Å². The first-order valence-corrected chi connectivity index (χ1v) is 7.25. The molecule has 102 valence electrons. The van der Waals surface area contributed by atoms with Gasteiger partial charge in [0.1, 0.15) is 0 Å². The van der Waals surface area contributed by atoms with Gasteiger partial charge in [0.2, 0.25) is 0 Å². The fourth-order valence-electron chi connectivity index (χ4n) is 2.17. The largest absolute Gasteiger partial charge is 0.369 e. The first-order chi connectivity index (χ1) is 9.63. The van der Waals surface area contributed by atoms with Gasteiger partial charge in [-0.15, -0.1) is 11.3 Å². The number of hydrogen-bond acceptors (Lipinski definition) is 4. The van der Waals surface area contributed by atoms with Crippen LogP contribution in [0.2, 0.25) is 0 Å². The third kappa shape index (κ3) is 2.44. The number of aromatic nitrogens is 2. The first-order valence-electron chi connectivity index (χ1n) is 6.37. The molecule has 4 nitrogen and oxygen atoms in total. The van der Waals surface area contributed by atoms with E-state index in [0.717, 1.165) is 16.3 Å². The van der Waals surface area contributed by atoms with E-state index in [4.69, 9.17) is 0 Å². The zero-order valence-corrected chi connectivity index (χ0v) is 12.2. The molecule has 0 fully saturated rings. The Morgan fingerprint density at radius 3 is 3.00 bits per heavy atom. The second-order valence-corrected chi connectivity index (χ2v) is 5.71. The number of nitrogens with zero attached hydrogens (tertiary/aromatic N) is 3. The molecule has 3 aromatic rings. The summed E-state index contributed by atoms with van der Waals surface area (Å²) in [6, 6.07) is 9.89. The molecule has 0 unspecified atom stereocenters. The Kier molecular flexibility index (Phi) is 3.28. The Balaban J connectivity index is 1.91. The highest BCUT2D eigenvalue weighted by atomic mass is 32.1. The van der Waals surface area contributed by atoms with Crippen LogP contribution in [0.1, 0.15) is 11.3 Å². The van der Waals surface area contributed by atoms with Gasteiger partial charge in [-0.1, -0.05) is 12.1 Å². The highest BCUT2D eigenvalue weighted by Gasteiger charge is 2.07. The molecule has 0 aliphatic heterocycles. The molecule has 2 aromatic heterocycles. The molecule has 0 aliphatic rings. The van der Waals surface area contributed by atoms with Crippen LogP contribution in [-0.2, 0) is 6.54 Å². The van der Waals surface area contributed by atoms with E-state index in [2.05, 4.69) is 35.0 Å². The molecular formula is C15H15N3OS. The van der Waals surface area contributed by atoms with Gasteiger partial charge in [0, 0.05) is 30.4 Å². The quantitative estimate of drug-likeness (QED) is 0.742. The normalized spacial score (nSPS) is 10.9. The van der Waals surface area contributed by atoms with Crippen molar-refractivity contribution in [3.8, 4) is 0 Å². The van der Waals surface area contributed by atoms with Crippen LogP contribution in [0.25, 0.3) is 4.96 Å². The molecule has 0 aliphatic carbocycles. The summed E-state index contributed by atoms with van der Waals surface area (Å²) >= 11 is 1.47. The van der Waals surface area contributed by atoms with Crippen LogP contribution in [0.4, 0.5) is 5.69 Å². The SMILES string of the molecule is Cc1cccc(N(C)Cc2cc(=O)n3ccsc3n2)c1. The number of thiazole rings is 1. The number of hydrogen-bond donors (Lipinski definition) is 0. The van der Waals surface area contributed by atoms with Crippen molar-refractivity contribution in [2.45, 2.75) is 13.5 Å². The van der Waals surface area contributed by atoms with Gasteiger partial charge in [-0.3, -0.25) is 9.20 Å². The van der Waals surface area contributed by atoms with Crippen LogP contribution < -0.4 is 10.5 Å². The predicted octanol–water partition coefficient (Wildman–Crippen LogP) is 2.70. The van der Waals surface area contributed by atoms with Crippen molar-refractivity contribution in [2.24, 2.45) is 0 Å². The maximum Gasteiger partial charge on any atom is 0.258 e. The number of anilines is 1. The minimum Gasteiger partial charge on any atom is -0.369 e. The van der Waals surface area contributed by atoms with Crippen molar-refractivity contribution in [1.82, 2.24) is 9.38 Å². The standard InChI is InChI=1S/C15H15N3OS/c1-11-4-3-5-13(8-11)17(2)10-12-9-14(19)18-6-7-20-15(18)16-12/h3-9H,10H2,1-2H3. The molecule has 0 amide bonds. The molecule has 0 saturated carbocycles. The van der Waals surface area contributed by atoms with Crippen molar-refractivity contribution >= 4 is 22.0 Å². The summed E-state index contributed by atoms with van der Waals surface area (Å²) < 4.78 is 1.57. The lowest BCUT2D eigenvalue weighted by molar-refractivity contribution is 0.874. The van der Waals surface area contributed by atoms with Crippen molar-refractivity contribution < 1.29 is 0 Å². The van der Waals surface area contributed by atoms with Crippen molar-refractivity contribution in [3.63, 3.8) is 0 Å². The van der Waals surface area contributed by atoms with E-state index in [-0.39, 0.29) is 5.56 Å². The molecule has 3 rings (SSSR count). The molecule has 20 heavy (non-hydrogen) atoms. The van der Waals surface area contributed by atoms with Gasteiger partial charge in [-0.25, -0.2) is 4.98 Å². The average Bonchev–Trinajstić information content (AvgIpc) is 2.87. The summed E-state index contributed by atoms with van der Waals surface area (Å²) in [7, 11) is 2.01. The van der Waals surface area contributed by atoms with E-state index in [1.807, 2.05) is 18.5 Å². The fraction of sp³-hybridized carbons (Fsp3) is 0.200. The maximum absolute atomic E-state index is 11.9. The van der Waals surface area contributed by atoms with Gasteiger partial charge in [0.25, 0.3) is 5.56 Å². The second-order valence-electron chi connectivity index (χ2n) is 4.84. The summed E-state index contributed by atoms with van der Waals surface area (Å²) in [4.78, 5) is 19.3. The number of aryl methyl sites for hydroxylation is 1. The lowest BCUT2D eigenvalue weighted by Crippen LogP contribution is -2.20. The minimum absolute atomic E-state index is 0.0242. The first kappa shape index (κ1) is 12.9. The van der Waals surface area contributed by atoms with Crippen LogP contribution in [0, 0.1) is 6.92 Å². The van der Waals surface area contributed by atoms with Crippen molar-refractivity contribution in [3.05, 3.63) is 63.5 Å². The zero-order chi connectivity index (χ0) is 14.1. The molecule has 1 aromatic carbocycles. The lowest BCUT2D eigenvalue weighted by atomic mass is 10.2. The summed E-state index contributed by atoms with van der Waals surface area (Å²) in [5.41, 5.74) is 3.11. The molecule has 0 spiro atoms. The predicted molar refractivity (Wildman–Crippen MR) is 82.6 cm³/mol. The number of rotatable bonds is 3. The maximum atomic E-state index is 11.9. The van der Waals surface area contributed by atoms with E-state index in [0.29, 0.717) is 6.54 Å². The van der Waals surface area contributed by atoms with Gasteiger partial charge in [-0.2, -0.15) is 0 Å². The molecule has 0 atom stereocenters. The third-order valence-electron chi connectivity index (χ3n) is 3.20. The van der Waals surface area contributed by atoms with E-state index in [1.165, 1.54) is 16.9 Å². The van der Waals surface area contributed by atoms with Crippen LogP contribution in [0.3, 0.4) is 0 Å². The second kappa shape index (κ2) is 5.09. The fourth-order valence-corrected chi connectivity index (χ4v) is 2.91. The molecule has 0 saturated heterocycles. The molecule has 0 N–H and O–H groups in total. The Bertz CT molecular complexity index is 806. The number of fused-ring (bicyclic) bond motifs is 1. The lowest BCUT2D eigenvalue weighted by Gasteiger charge is -2.19. The summed E-state index contributed by atoms with van der Waals surface area (Å²) in [5, 5.41) is 1.87. The van der Waals surface area contributed by atoms with E-state index in [9.17, 15) is 4.79 Å². The minimum atomic E-state index is -0.0242. The Hall–Kier alpha value is -2.14. The monoisotopic (exact) mass is 285 g/mol. The summed E-state index contributed by atoms with van der Waals surface area (Å²) in [6.07, 6.45) is 1.75. The van der Waals surface area contributed by atoms with E-state index < -0.39 is 0 Å². The average molecular weight is 285 g/mol. The zero-order valence-electron chi connectivity index (χ0n) is 11.4. The topological polar surface area (TPSA) is 37.6 Å². The Morgan fingerprint density at radius 2 is 2.20 bits per heavy atom. The van der Waals surface area contributed by atoms with Crippen molar-refractivity contribution in [2.75, 3.05) is 11.9 Å². The molecule has 0 radical (unpaired) electrons. The van der Waals surface area contributed by atoms with Gasteiger partial charge in [0.05, 0.1) is 12.2 Å². The molecule has 0 bridgehead atoms. The highest BCUT2D eigenvalue weighted by Crippen LogP contribution is 2.16. The summed E-state index contributed by atoms with van der Waals surface area (Å²) in [6.45, 7) is 2.69. The smallest absolute Gasteiger partial charge is 0.258 e. The molecule has 2 heterocycles. The van der Waals surface area contributed by atoms with E-state index >= 15 is 0 Å². The van der Waals surface area contributed by atoms with Crippen LogP contribution >= 0.6 is 11.3 Å². The van der Waals surface area contributed by atoms with Crippen LogP contribution in [0.15, 0.2) is 46.7 Å². The molecular weight excluding hydrogens is 270 g/mol. The van der Waals surface area contributed by atoms with Gasteiger partial charge in [0.15, 0.2) is 4.96 Å². The summed E-state index contributed by atoms with van der Waals surface area (Å²) in [5.74, 6) is 0. The van der Waals surface area contributed by atoms with Crippen LogP contribution in [-0.4, -0.2) is 16.4 Å². The third-order valence-corrected chi connectivity index (χ3v) is 3.95. The van der Waals surface area contributed by atoms with Gasteiger partial charge < -0.3 is 4.90 Å². The Labute approximate surface area is 120 Å². The Morgan fingerprint density at radius 1 is 1.35 bits per heavy atom.